The van der Waals surface area contributed by atoms with Crippen molar-refractivity contribution in [3.8, 4) is 5.95 Å². The molecule has 5 heterocycles. The third kappa shape index (κ3) is 3.41. The second-order valence-electron chi connectivity index (χ2n) is 7.35. The highest BCUT2D eigenvalue weighted by atomic mass is 16.1. The van der Waals surface area contributed by atoms with Crippen LogP contribution in [-0.2, 0) is 0 Å². The van der Waals surface area contributed by atoms with Crippen molar-refractivity contribution in [3.63, 3.8) is 0 Å². The van der Waals surface area contributed by atoms with Crippen molar-refractivity contribution in [1.82, 2.24) is 39.7 Å². The summed E-state index contributed by atoms with van der Waals surface area (Å²) in [5.74, 6) is 0.947. The molecule has 4 aromatic rings. The number of hydrogen-bond donors (Lipinski definition) is 2. The molecule has 5 rings (SSSR count). The zero-order chi connectivity index (χ0) is 20.5. The van der Waals surface area contributed by atoms with Gasteiger partial charge in [-0.25, -0.2) is 19.5 Å². The van der Waals surface area contributed by atoms with Gasteiger partial charge in [-0.05, 0) is 44.5 Å². The Balaban J connectivity index is 1.51. The first-order valence-corrected chi connectivity index (χ1v) is 9.88. The summed E-state index contributed by atoms with van der Waals surface area (Å²) in [5, 5.41) is 15.2. The second-order valence-corrected chi connectivity index (χ2v) is 7.35. The Bertz CT molecular complexity index is 1190. The van der Waals surface area contributed by atoms with Gasteiger partial charge >= 0.3 is 0 Å². The van der Waals surface area contributed by atoms with Crippen molar-refractivity contribution < 1.29 is 4.79 Å². The number of aryl methyl sites for hydroxylation is 1. The fourth-order valence-corrected chi connectivity index (χ4v) is 3.62. The Hall–Kier alpha value is -3.66. The van der Waals surface area contributed by atoms with E-state index in [1.54, 1.807) is 40.1 Å². The van der Waals surface area contributed by atoms with E-state index in [2.05, 4.69) is 30.7 Å². The standard InChI is InChI=1S/C20H21N9O/c1-13-10-23-20(24-11-13)29-17(9-16(27-29)14-3-6-21-7-4-14)26-19(30)15-12-25-28-8-2-5-22-18(15)28/h2,5,8-12,14,21H,3-4,6-7H2,1H3,(H,26,30). The van der Waals surface area contributed by atoms with Crippen LogP contribution in [-0.4, -0.2) is 53.3 Å². The first-order chi connectivity index (χ1) is 14.7. The van der Waals surface area contributed by atoms with Crippen molar-refractivity contribution in [2.45, 2.75) is 25.7 Å². The summed E-state index contributed by atoms with van der Waals surface area (Å²) >= 11 is 0. The SMILES string of the molecule is Cc1cnc(-n2nc(C3CCNCC3)cc2NC(=O)c2cnn3cccnc23)nc1. The van der Waals surface area contributed by atoms with Crippen LogP contribution in [0.5, 0.6) is 0 Å². The summed E-state index contributed by atoms with van der Waals surface area (Å²) in [6, 6.07) is 3.67. The van der Waals surface area contributed by atoms with Gasteiger partial charge in [0.15, 0.2) is 5.65 Å². The van der Waals surface area contributed by atoms with Crippen LogP contribution in [0, 0.1) is 6.92 Å². The second kappa shape index (κ2) is 7.64. The highest BCUT2D eigenvalue weighted by Crippen LogP contribution is 2.27. The van der Waals surface area contributed by atoms with E-state index in [0.717, 1.165) is 37.2 Å². The molecule has 0 atom stereocenters. The number of piperidine rings is 1. The molecule has 1 fully saturated rings. The highest BCUT2D eigenvalue weighted by molar-refractivity contribution is 6.07. The molecule has 0 aliphatic carbocycles. The molecule has 1 aliphatic rings. The molecule has 1 saturated heterocycles. The van der Waals surface area contributed by atoms with Crippen molar-refractivity contribution in [1.29, 1.82) is 0 Å². The Morgan fingerprint density at radius 3 is 2.77 bits per heavy atom. The smallest absolute Gasteiger partial charge is 0.262 e. The fraction of sp³-hybridized carbons (Fsp3) is 0.300. The number of carbonyl (C=O) groups excluding carboxylic acids is 1. The third-order valence-corrected chi connectivity index (χ3v) is 5.21. The maximum absolute atomic E-state index is 13.0. The van der Waals surface area contributed by atoms with E-state index in [1.165, 1.54) is 6.20 Å². The van der Waals surface area contributed by atoms with Gasteiger partial charge in [0, 0.05) is 36.8 Å². The first kappa shape index (κ1) is 18.4. The molecule has 2 N–H and O–H groups in total. The number of amides is 1. The maximum Gasteiger partial charge on any atom is 0.262 e. The number of nitrogens with zero attached hydrogens (tertiary/aromatic N) is 7. The summed E-state index contributed by atoms with van der Waals surface area (Å²) in [7, 11) is 0. The van der Waals surface area contributed by atoms with Crippen LogP contribution in [0.25, 0.3) is 11.6 Å². The molecular weight excluding hydrogens is 382 g/mol. The summed E-state index contributed by atoms with van der Waals surface area (Å²) in [5.41, 5.74) is 2.75. The van der Waals surface area contributed by atoms with Gasteiger partial charge in [0.2, 0.25) is 0 Å². The normalized spacial score (nSPS) is 14.8. The molecule has 0 unspecified atom stereocenters. The molecule has 10 heteroatoms. The monoisotopic (exact) mass is 403 g/mol. The maximum atomic E-state index is 13.0. The molecule has 1 amide bonds. The van der Waals surface area contributed by atoms with Gasteiger partial charge in [0.05, 0.1) is 11.9 Å². The van der Waals surface area contributed by atoms with Gasteiger partial charge in [-0.3, -0.25) is 4.79 Å². The number of anilines is 1. The largest absolute Gasteiger partial charge is 0.317 e. The molecule has 10 nitrogen and oxygen atoms in total. The van der Waals surface area contributed by atoms with Crippen molar-refractivity contribution >= 4 is 17.4 Å². The van der Waals surface area contributed by atoms with E-state index in [4.69, 9.17) is 5.10 Å². The van der Waals surface area contributed by atoms with Gasteiger partial charge in [0.1, 0.15) is 11.4 Å². The molecule has 0 radical (unpaired) electrons. The Morgan fingerprint density at radius 1 is 1.17 bits per heavy atom. The summed E-state index contributed by atoms with van der Waals surface area (Å²) in [4.78, 5) is 26.0. The zero-order valence-electron chi connectivity index (χ0n) is 16.5. The number of carbonyl (C=O) groups is 1. The topological polar surface area (TPSA) is 115 Å². The molecule has 0 bridgehead atoms. The Kier molecular flexibility index (Phi) is 4.68. The van der Waals surface area contributed by atoms with Gasteiger partial charge in [0.25, 0.3) is 11.9 Å². The van der Waals surface area contributed by atoms with Crippen molar-refractivity contribution in [2.24, 2.45) is 0 Å². The predicted octanol–water partition coefficient (Wildman–Crippen LogP) is 1.73. The number of nitrogens with one attached hydrogen (secondary N) is 2. The van der Waals surface area contributed by atoms with Gasteiger partial charge < -0.3 is 10.6 Å². The lowest BCUT2D eigenvalue weighted by Crippen LogP contribution is -2.26. The average Bonchev–Trinajstić information content (AvgIpc) is 3.39. The minimum atomic E-state index is -0.311. The average molecular weight is 403 g/mol. The van der Waals surface area contributed by atoms with Crippen molar-refractivity contribution in [2.75, 3.05) is 18.4 Å². The van der Waals surface area contributed by atoms with Crippen LogP contribution in [0.2, 0.25) is 0 Å². The van der Waals surface area contributed by atoms with E-state index in [1.807, 2.05) is 13.0 Å². The van der Waals surface area contributed by atoms with E-state index in [-0.39, 0.29) is 5.91 Å². The summed E-state index contributed by atoms with van der Waals surface area (Å²) < 4.78 is 3.16. The molecule has 4 aromatic heterocycles. The number of aromatic nitrogens is 7. The third-order valence-electron chi connectivity index (χ3n) is 5.21. The van der Waals surface area contributed by atoms with Crippen LogP contribution in [0.3, 0.4) is 0 Å². The van der Waals surface area contributed by atoms with Crippen molar-refractivity contribution in [3.05, 3.63) is 59.9 Å². The lowest BCUT2D eigenvalue weighted by atomic mass is 9.95. The Morgan fingerprint density at radius 2 is 1.97 bits per heavy atom. The zero-order valence-corrected chi connectivity index (χ0v) is 16.5. The van der Waals surface area contributed by atoms with Gasteiger partial charge in [-0.1, -0.05) is 0 Å². The van der Waals surface area contributed by atoms with E-state index in [0.29, 0.717) is 28.9 Å². The lowest BCUT2D eigenvalue weighted by Gasteiger charge is -2.20. The minimum absolute atomic E-state index is 0.311. The van der Waals surface area contributed by atoms with Gasteiger partial charge in [-0.2, -0.15) is 14.9 Å². The lowest BCUT2D eigenvalue weighted by molar-refractivity contribution is 0.102. The highest BCUT2D eigenvalue weighted by Gasteiger charge is 2.23. The summed E-state index contributed by atoms with van der Waals surface area (Å²) in [6.07, 6.45) is 10.3. The van der Waals surface area contributed by atoms with Crippen LogP contribution in [0.1, 0.15) is 40.4 Å². The fourth-order valence-electron chi connectivity index (χ4n) is 3.62. The van der Waals surface area contributed by atoms with Crippen LogP contribution in [0.15, 0.2) is 43.1 Å². The molecule has 0 spiro atoms. The number of hydrogen-bond acceptors (Lipinski definition) is 7. The first-order valence-electron chi connectivity index (χ1n) is 9.88. The minimum Gasteiger partial charge on any atom is -0.317 e. The number of rotatable bonds is 4. The van der Waals surface area contributed by atoms with Gasteiger partial charge in [-0.15, -0.1) is 0 Å². The van der Waals surface area contributed by atoms with Crippen LogP contribution >= 0.6 is 0 Å². The van der Waals surface area contributed by atoms with E-state index < -0.39 is 0 Å². The number of fused-ring (bicyclic) bond motifs is 1. The molecule has 30 heavy (non-hydrogen) atoms. The molecule has 0 aromatic carbocycles. The van der Waals surface area contributed by atoms with Crippen LogP contribution in [0.4, 0.5) is 5.82 Å². The van der Waals surface area contributed by atoms with Crippen LogP contribution < -0.4 is 10.6 Å². The van der Waals surface area contributed by atoms with E-state index in [9.17, 15) is 4.79 Å². The predicted molar refractivity (Wildman–Crippen MR) is 110 cm³/mol. The Labute approximate surface area is 172 Å². The molecule has 1 aliphatic heterocycles. The quantitative estimate of drug-likeness (QED) is 0.533. The molecule has 152 valence electrons. The summed E-state index contributed by atoms with van der Waals surface area (Å²) in [6.45, 7) is 3.83. The van der Waals surface area contributed by atoms with E-state index >= 15 is 0 Å². The molecule has 0 saturated carbocycles. The molecular formula is C20H21N9O.